The summed E-state index contributed by atoms with van der Waals surface area (Å²) in [6.45, 7) is 2.00. The summed E-state index contributed by atoms with van der Waals surface area (Å²) in [6.07, 6.45) is 1.69. The van der Waals surface area contributed by atoms with Crippen molar-refractivity contribution >= 4 is 34.3 Å². The molecule has 0 fully saturated rings. The van der Waals surface area contributed by atoms with Crippen LogP contribution in [0.1, 0.15) is 5.56 Å². The molecule has 134 valence electrons. The smallest absolute Gasteiger partial charge is 0.323 e. The van der Waals surface area contributed by atoms with E-state index in [4.69, 9.17) is 5.73 Å². The third kappa shape index (κ3) is 3.43. The zero-order valence-electron chi connectivity index (χ0n) is 14.7. The molecule has 27 heavy (non-hydrogen) atoms. The standard InChI is InChI=1S/C20H18N6O/c1-12-2-6-14(7-3-12)23-20(27)24-15-8-4-13(5-9-15)16-10-11-22-19-17(16)18(21)25-26-19/h2-11H,1H3,(H2,23,24,27)(H3,21,22,25,26). The third-order valence-electron chi connectivity index (χ3n) is 4.25. The summed E-state index contributed by atoms with van der Waals surface area (Å²) >= 11 is 0. The lowest BCUT2D eigenvalue weighted by Gasteiger charge is -2.09. The van der Waals surface area contributed by atoms with Crippen molar-refractivity contribution in [1.82, 2.24) is 15.2 Å². The lowest BCUT2D eigenvalue weighted by Crippen LogP contribution is -2.19. The number of amides is 2. The molecule has 7 nitrogen and oxygen atoms in total. The van der Waals surface area contributed by atoms with E-state index < -0.39 is 0 Å². The summed E-state index contributed by atoms with van der Waals surface area (Å²) in [7, 11) is 0. The number of hydrogen-bond acceptors (Lipinski definition) is 4. The Hall–Kier alpha value is -3.87. The van der Waals surface area contributed by atoms with Crippen LogP contribution in [-0.4, -0.2) is 21.2 Å². The molecule has 7 heteroatoms. The fraction of sp³-hybridized carbons (Fsp3) is 0.0500. The summed E-state index contributed by atoms with van der Waals surface area (Å²) in [6, 6.07) is 16.7. The van der Waals surface area contributed by atoms with Crippen molar-refractivity contribution in [3.63, 3.8) is 0 Å². The fourth-order valence-corrected chi connectivity index (χ4v) is 2.87. The number of nitrogens with two attached hydrogens (primary N) is 1. The van der Waals surface area contributed by atoms with Crippen LogP contribution in [0.3, 0.4) is 0 Å². The number of nitrogens with zero attached hydrogens (tertiary/aromatic N) is 2. The average Bonchev–Trinajstić information content (AvgIpc) is 3.06. The number of aromatic amines is 1. The van der Waals surface area contributed by atoms with Gasteiger partial charge in [-0.1, -0.05) is 29.8 Å². The van der Waals surface area contributed by atoms with Crippen molar-refractivity contribution in [2.24, 2.45) is 0 Å². The molecule has 4 aromatic rings. The fourth-order valence-electron chi connectivity index (χ4n) is 2.87. The molecule has 0 atom stereocenters. The van der Waals surface area contributed by atoms with Gasteiger partial charge in [-0.25, -0.2) is 9.78 Å². The molecular formula is C20H18N6O. The predicted octanol–water partition coefficient (Wildman–Crippen LogP) is 4.16. The number of hydrogen-bond donors (Lipinski definition) is 4. The van der Waals surface area contributed by atoms with Gasteiger partial charge in [0.05, 0.1) is 5.39 Å². The lowest BCUT2D eigenvalue weighted by atomic mass is 10.0. The van der Waals surface area contributed by atoms with E-state index in [-0.39, 0.29) is 6.03 Å². The van der Waals surface area contributed by atoms with Crippen LogP contribution in [0.25, 0.3) is 22.2 Å². The van der Waals surface area contributed by atoms with Crippen LogP contribution in [0.15, 0.2) is 60.8 Å². The van der Waals surface area contributed by atoms with E-state index in [9.17, 15) is 4.79 Å². The number of aryl methyl sites for hydroxylation is 1. The van der Waals surface area contributed by atoms with Crippen molar-refractivity contribution in [3.05, 3.63) is 66.4 Å². The highest BCUT2D eigenvalue weighted by atomic mass is 16.2. The van der Waals surface area contributed by atoms with Gasteiger partial charge in [-0.3, -0.25) is 5.10 Å². The molecule has 2 heterocycles. The molecule has 2 aromatic heterocycles. The van der Waals surface area contributed by atoms with Gasteiger partial charge in [-0.2, -0.15) is 5.10 Å². The molecule has 0 aliphatic carbocycles. The topological polar surface area (TPSA) is 109 Å². The second-order valence-corrected chi connectivity index (χ2v) is 6.22. The number of urea groups is 1. The van der Waals surface area contributed by atoms with Gasteiger partial charge in [0.15, 0.2) is 5.65 Å². The van der Waals surface area contributed by atoms with E-state index in [1.54, 1.807) is 6.20 Å². The summed E-state index contributed by atoms with van der Waals surface area (Å²) in [5.74, 6) is 0.479. The van der Waals surface area contributed by atoms with E-state index in [1.165, 1.54) is 0 Å². The minimum Gasteiger partial charge on any atom is -0.383 e. The van der Waals surface area contributed by atoms with Gasteiger partial charge in [0, 0.05) is 17.6 Å². The number of rotatable bonds is 3. The SMILES string of the molecule is Cc1ccc(NC(=O)Nc2ccc(-c3ccnc4n[nH]c(N)c34)cc2)cc1. The van der Waals surface area contributed by atoms with Gasteiger partial charge in [0.2, 0.25) is 0 Å². The number of fused-ring (bicyclic) bond motifs is 1. The highest BCUT2D eigenvalue weighted by Gasteiger charge is 2.11. The summed E-state index contributed by atoms with van der Waals surface area (Å²) in [4.78, 5) is 16.3. The number of carbonyl (C=O) groups is 1. The maximum absolute atomic E-state index is 12.1. The molecule has 0 aliphatic heterocycles. The van der Waals surface area contributed by atoms with Crippen LogP contribution in [0.2, 0.25) is 0 Å². The first-order valence-electron chi connectivity index (χ1n) is 8.44. The number of H-pyrrole nitrogens is 1. The van der Waals surface area contributed by atoms with Crippen molar-refractivity contribution in [3.8, 4) is 11.1 Å². The second kappa shape index (κ2) is 6.80. The third-order valence-corrected chi connectivity index (χ3v) is 4.25. The van der Waals surface area contributed by atoms with Crippen molar-refractivity contribution in [2.45, 2.75) is 6.92 Å². The monoisotopic (exact) mass is 358 g/mol. The van der Waals surface area contributed by atoms with Crippen LogP contribution in [-0.2, 0) is 0 Å². The number of nitrogens with one attached hydrogen (secondary N) is 3. The molecule has 0 spiro atoms. The molecule has 2 aromatic carbocycles. The Balaban J connectivity index is 1.51. The minimum absolute atomic E-state index is 0.294. The molecule has 4 rings (SSSR count). The molecule has 0 unspecified atom stereocenters. The zero-order chi connectivity index (χ0) is 18.8. The molecule has 2 amide bonds. The molecule has 0 aliphatic rings. The zero-order valence-corrected chi connectivity index (χ0v) is 14.7. The lowest BCUT2D eigenvalue weighted by molar-refractivity contribution is 0.262. The largest absolute Gasteiger partial charge is 0.383 e. The van der Waals surface area contributed by atoms with Crippen LogP contribution in [0.4, 0.5) is 22.0 Å². The van der Waals surface area contributed by atoms with Crippen LogP contribution in [0, 0.1) is 6.92 Å². The Bertz CT molecular complexity index is 1100. The Morgan fingerprint density at radius 2 is 1.59 bits per heavy atom. The van der Waals surface area contributed by atoms with Crippen LogP contribution < -0.4 is 16.4 Å². The van der Waals surface area contributed by atoms with Gasteiger partial charge in [0.1, 0.15) is 5.82 Å². The summed E-state index contributed by atoms with van der Waals surface area (Å²) < 4.78 is 0. The molecule has 0 bridgehead atoms. The molecule has 0 radical (unpaired) electrons. The molecule has 0 saturated carbocycles. The summed E-state index contributed by atoms with van der Waals surface area (Å²) in [5.41, 5.74) is 11.0. The second-order valence-electron chi connectivity index (χ2n) is 6.22. The number of carbonyl (C=O) groups excluding carboxylic acids is 1. The van der Waals surface area contributed by atoms with Crippen molar-refractivity contribution in [1.29, 1.82) is 0 Å². The van der Waals surface area contributed by atoms with E-state index in [0.29, 0.717) is 17.2 Å². The first-order chi connectivity index (χ1) is 13.1. The normalized spacial score (nSPS) is 10.7. The van der Waals surface area contributed by atoms with Gasteiger partial charge in [-0.15, -0.1) is 0 Å². The van der Waals surface area contributed by atoms with Gasteiger partial charge in [-0.05, 0) is 48.4 Å². The van der Waals surface area contributed by atoms with Gasteiger partial charge in [0.25, 0.3) is 0 Å². The van der Waals surface area contributed by atoms with Gasteiger partial charge < -0.3 is 16.4 Å². The first kappa shape index (κ1) is 16.6. The maximum Gasteiger partial charge on any atom is 0.323 e. The van der Waals surface area contributed by atoms with E-state index in [0.717, 1.165) is 27.8 Å². The molecule has 5 N–H and O–H groups in total. The highest BCUT2D eigenvalue weighted by molar-refractivity contribution is 6.01. The summed E-state index contributed by atoms with van der Waals surface area (Å²) in [5, 5.41) is 13.2. The predicted molar refractivity (Wildman–Crippen MR) is 108 cm³/mol. The number of aromatic nitrogens is 3. The highest BCUT2D eigenvalue weighted by Crippen LogP contribution is 2.30. The Kier molecular flexibility index (Phi) is 4.18. The number of anilines is 3. The van der Waals surface area contributed by atoms with E-state index in [2.05, 4.69) is 25.8 Å². The Labute approximate surface area is 155 Å². The minimum atomic E-state index is -0.294. The Morgan fingerprint density at radius 1 is 0.963 bits per heavy atom. The average molecular weight is 358 g/mol. The van der Waals surface area contributed by atoms with Crippen molar-refractivity contribution in [2.75, 3.05) is 16.4 Å². The van der Waals surface area contributed by atoms with Crippen molar-refractivity contribution < 1.29 is 4.79 Å². The quantitative estimate of drug-likeness (QED) is 0.441. The first-order valence-corrected chi connectivity index (χ1v) is 8.44. The van der Waals surface area contributed by atoms with E-state index in [1.807, 2.05) is 61.5 Å². The van der Waals surface area contributed by atoms with Gasteiger partial charge >= 0.3 is 6.03 Å². The number of nitrogen functional groups attached to an aromatic ring is 1. The maximum atomic E-state index is 12.1. The molecule has 0 saturated heterocycles. The number of benzene rings is 2. The number of pyridine rings is 1. The molecular weight excluding hydrogens is 340 g/mol. The van der Waals surface area contributed by atoms with E-state index >= 15 is 0 Å². The van der Waals surface area contributed by atoms with Crippen LogP contribution in [0.5, 0.6) is 0 Å². The Morgan fingerprint density at radius 3 is 2.26 bits per heavy atom. The van der Waals surface area contributed by atoms with Crippen LogP contribution >= 0.6 is 0 Å².